The van der Waals surface area contributed by atoms with E-state index >= 15 is 0 Å². The van der Waals surface area contributed by atoms with Crippen molar-refractivity contribution in [3.63, 3.8) is 0 Å². The van der Waals surface area contributed by atoms with Crippen molar-refractivity contribution in [1.82, 2.24) is 5.32 Å². The van der Waals surface area contributed by atoms with Gasteiger partial charge in [0.1, 0.15) is 18.4 Å². The van der Waals surface area contributed by atoms with Crippen LogP contribution in [0.3, 0.4) is 0 Å². The van der Waals surface area contributed by atoms with Crippen LogP contribution < -0.4 is 16.8 Å². The van der Waals surface area contributed by atoms with Crippen molar-refractivity contribution in [3.05, 3.63) is 70.8 Å². The SMILES string of the molecule is NCCCC(=O)Cc1cccc(C#Cc2ccc(C(=O)N[C@@H](CN)C(=O)CO)cc2)c1. The molecule has 7 heteroatoms. The molecular formula is C24H27N3O4. The van der Waals surface area contributed by atoms with Gasteiger partial charge in [0.05, 0.1) is 0 Å². The summed E-state index contributed by atoms with van der Waals surface area (Å²) in [7, 11) is 0. The smallest absolute Gasteiger partial charge is 0.251 e. The Balaban J connectivity index is 2.03. The summed E-state index contributed by atoms with van der Waals surface area (Å²) in [6.07, 6.45) is 1.53. The number of nitrogens with one attached hydrogen (secondary N) is 1. The highest BCUT2D eigenvalue weighted by molar-refractivity contribution is 5.98. The Hall–Kier alpha value is -3.31. The van der Waals surface area contributed by atoms with Gasteiger partial charge in [-0.05, 0) is 54.9 Å². The second-order valence-electron chi connectivity index (χ2n) is 7.02. The number of rotatable bonds is 10. The van der Waals surface area contributed by atoms with E-state index < -0.39 is 24.3 Å². The lowest BCUT2D eigenvalue weighted by Crippen LogP contribution is -2.46. The zero-order valence-electron chi connectivity index (χ0n) is 17.3. The van der Waals surface area contributed by atoms with Crippen LogP contribution in [0.1, 0.15) is 39.9 Å². The monoisotopic (exact) mass is 421 g/mol. The first-order chi connectivity index (χ1) is 15.0. The summed E-state index contributed by atoms with van der Waals surface area (Å²) in [5.74, 6) is 5.25. The van der Waals surface area contributed by atoms with Gasteiger partial charge in [-0.15, -0.1) is 0 Å². The van der Waals surface area contributed by atoms with Crippen LogP contribution >= 0.6 is 0 Å². The Morgan fingerprint density at radius 2 is 1.71 bits per heavy atom. The van der Waals surface area contributed by atoms with Gasteiger partial charge in [0, 0.05) is 36.1 Å². The Morgan fingerprint density at radius 3 is 2.35 bits per heavy atom. The average molecular weight is 421 g/mol. The van der Waals surface area contributed by atoms with Crippen molar-refractivity contribution in [1.29, 1.82) is 0 Å². The third kappa shape index (κ3) is 7.79. The fourth-order valence-corrected chi connectivity index (χ4v) is 2.85. The number of hydrogen-bond donors (Lipinski definition) is 4. The van der Waals surface area contributed by atoms with Gasteiger partial charge < -0.3 is 21.9 Å². The van der Waals surface area contributed by atoms with Gasteiger partial charge in [-0.1, -0.05) is 24.0 Å². The van der Waals surface area contributed by atoms with Crippen LogP contribution in [0.4, 0.5) is 0 Å². The van der Waals surface area contributed by atoms with Crippen molar-refractivity contribution in [2.24, 2.45) is 11.5 Å². The highest BCUT2D eigenvalue weighted by atomic mass is 16.3. The molecule has 1 atom stereocenters. The largest absolute Gasteiger partial charge is 0.388 e. The first-order valence-electron chi connectivity index (χ1n) is 10.0. The molecule has 31 heavy (non-hydrogen) atoms. The minimum absolute atomic E-state index is 0.0909. The average Bonchev–Trinajstić information content (AvgIpc) is 2.79. The van der Waals surface area contributed by atoms with Crippen LogP contribution in [0.25, 0.3) is 0 Å². The molecule has 0 spiro atoms. The van der Waals surface area contributed by atoms with Crippen LogP contribution in [0.15, 0.2) is 48.5 Å². The van der Waals surface area contributed by atoms with E-state index in [2.05, 4.69) is 17.2 Å². The van der Waals surface area contributed by atoms with E-state index in [1.807, 2.05) is 24.3 Å². The molecule has 0 bridgehead atoms. The van der Waals surface area contributed by atoms with Gasteiger partial charge in [-0.2, -0.15) is 0 Å². The Morgan fingerprint density at radius 1 is 1.00 bits per heavy atom. The number of hydrogen-bond acceptors (Lipinski definition) is 6. The molecule has 0 saturated heterocycles. The molecule has 0 saturated carbocycles. The second kappa shape index (κ2) is 12.4. The molecule has 0 aromatic heterocycles. The first kappa shape index (κ1) is 24.0. The molecule has 7 nitrogen and oxygen atoms in total. The number of ketones is 2. The number of aliphatic hydroxyl groups excluding tert-OH is 1. The molecule has 6 N–H and O–H groups in total. The van der Waals surface area contributed by atoms with Gasteiger partial charge in [-0.25, -0.2) is 0 Å². The molecular weight excluding hydrogens is 394 g/mol. The summed E-state index contributed by atoms with van der Waals surface area (Å²) in [6, 6.07) is 13.2. The molecule has 0 aliphatic carbocycles. The number of Topliss-reactive ketones (excluding diaryl/α,β-unsaturated/α-hetero) is 2. The number of amides is 1. The molecule has 2 aromatic rings. The van der Waals surface area contributed by atoms with Gasteiger partial charge in [0.2, 0.25) is 0 Å². The van der Waals surface area contributed by atoms with Crippen LogP contribution in [0.2, 0.25) is 0 Å². The van der Waals surface area contributed by atoms with E-state index in [1.54, 1.807) is 24.3 Å². The molecule has 1 amide bonds. The second-order valence-corrected chi connectivity index (χ2v) is 7.02. The Kier molecular flexibility index (Phi) is 9.59. The quantitative estimate of drug-likeness (QED) is 0.414. The lowest BCUT2D eigenvalue weighted by Gasteiger charge is -2.14. The zero-order valence-corrected chi connectivity index (χ0v) is 17.3. The Bertz CT molecular complexity index is 974. The molecule has 0 aliphatic rings. The Labute approximate surface area is 181 Å². The third-order valence-electron chi connectivity index (χ3n) is 4.57. The highest BCUT2D eigenvalue weighted by Gasteiger charge is 2.18. The zero-order chi connectivity index (χ0) is 22.6. The number of benzene rings is 2. The number of aliphatic hydroxyl groups is 1. The first-order valence-corrected chi connectivity index (χ1v) is 10.0. The molecule has 0 unspecified atom stereocenters. The summed E-state index contributed by atoms with van der Waals surface area (Å²) in [5.41, 5.74) is 13.7. The minimum atomic E-state index is -0.925. The van der Waals surface area contributed by atoms with E-state index in [4.69, 9.17) is 16.6 Å². The number of carbonyl (C=O) groups is 3. The van der Waals surface area contributed by atoms with E-state index in [0.29, 0.717) is 36.9 Å². The predicted molar refractivity (Wildman–Crippen MR) is 118 cm³/mol. The molecule has 0 fully saturated rings. The van der Waals surface area contributed by atoms with E-state index in [0.717, 1.165) is 11.1 Å². The normalized spacial score (nSPS) is 11.2. The van der Waals surface area contributed by atoms with E-state index in [1.165, 1.54) is 0 Å². The van der Waals surface area contributed by atoms with Crippen LogP contribution in [-0.2, 0) is 16.0 Å². The summed E-state index contributed by atoms with van der Waals surface area (Å²) in [6.45, 7) is -0.266. The van der Waals surface area contributed by atoms with Crippen LogP contribution in [-0.4, -0.2) is 48.3 Å². The standard InChI is InChI=1S/C24H27N3O4/c25-12-2-5-21(29)14-19-4-1-3-18(13-19)7-6-17-8-10-20(11-9-17)24(31)27-22(15-26)23(30)16-28/h1,3-4,8-11,13,22,28H,2,5,12,14-16,25-26H2,(H,27,31)/t22-/m0/s1. The van der Waals surface area contributed by atoms with E-state index in [9.17, 15) is 14.4 Å². The number of nitrogens with two attached hydrogens (primary N) is 2. The predicted octanol–water partition coefficient (Wildman–Crippen LogP) is 0.555. The van der Waals surface area contributed by atoms with Crippen molar-refractivity contribution >= 4 is 17.5 Å². The third-order valence-corrected chi connectivity index (χ3v) is 4.57. The topological polar surface area (TPSA) is 136 Å². The summed E-state index contributed by atoms with van der Waals surface area (Å²) < 4.78 is 0. The maximum Gasteiger partial charge on any atom is 0.251 e. The number of carbonyl (C=O) groups excluding carboxylic acids is 3. The maximum absolute atomic E-state index is 12.2. The molecule has 0 aliphatic heterocycles. The van der Waals surface area contributed by atoms with Gasteiger partial charge >= 0.3 is 0 Å². The van der Waals surface area contributed by atoms with Crippen LogP contribution in [0, 0.1) is 11.8 Å². The fraction of sp³-hybridized carbons (Fsp3) is 0.292. The molecule has 0 radical (unpaired) electrons. The molecule has 0 heterocycles. The fourth-order valence-electron chi connectivity index (χ4n) is 2.85. The van der Waals surface area contributed by atoms with Gasteiger partial charge in [-0.3, -0.25) is 14.4 Å². The lowest BCUT2D eigenvalue weighted by atomic mass is 10.0. The summed E-state index contributed by atoms with van der Waals surface area (Å²) >= 11 is 0. The van der Waals surface area contributed by atoms with Crippen molar-refractivity contribution < 1.29 is 19.5 Å². The van der Waals surface area contributed by atoms with Gasteiger partial charge in [0.25, 0.3) is 5.91 Å². The minimum Gasteiger partial charge on any atom is -0.388 e. The van der Waals surface area contributed by atoms with Crippen LogP contribution in [0.5, 0.6) is 0 Å². The summed E-state index contributed by atoms with van der Waals surface area (Å²) in [5, 5.41) is 11.4. The molecule has 2 aromatic carbocycles. The molecule has 2 rings (SSSR count). The highest BCUT2D eigenvalue weighted by Crippen LogP contribution is 2.09. The van der Waals surface area contributed by atoms with Gasteiger partial charge in [0.15, 0.2) is 5.78 Å². The van der Waals surface area contributed by atoms with E-state index in [-0.39, 0.29) is 12.3 Å². The lowest BCUT2D eigenvalue weighted by molar-refractivity contribution is -0.123. The maximum atomic E-state index is 12.2. The summed E-state index contributed by atoms with van der Waals surface area (Å²) in [4.78, 5) is 35.7. The van der Waals surface area contributed by atoms with Crippen molar-refractivity contribution in [2.75, 3.05) is 19.7 Å². The van der Waals surface area contributed by atoms with Crippen molar-refractivity contribution in [3.8, 4) is 11.8 Å². The van der Waals surface area contributed by atoms with Crippen molar-refractivity contribution in [2.45, 2.75) is 25.3 Å². The molecule has 162 valence electrons.